The second-order valence-corrected chi connectivity index (χ2v) is 5.29. The molecule has 1 aliphatic rings. The lowest BCUT2D eigenvalue weighted by atomic mass is 10.1. The molecular formula is C13H16ClN3O4. The van der Waals surface area contributed by atoms with Gasteiger partial charge in [-0.1, -0.05) is 11.6 Å². The van der Waals surface area contributed by atoms with E-state index in [4.69, 9.17) is 11.6 Å². The summed E-state index contributed by atoms with van der Waals surface area (Å²) in [6, 6.07) is 2.65. The van der Waals surface area contributed by atoms with Crippen LogP contribution in [0.4, 0.5) is 11.4 Å². The van der Waals surface area contributed by atoms with Crippen molar-refractivity contribution >= 4 is 28.9 Å². The van der Waals surface area contributed by atoms with Gasteiger partial charge in [0, 0.05) is 31.8 Å². The summed E-state index contributed by atoms with van der Waals surface area (Å²) in [6.07, 6.45) is 0.630. The normalized spacial score (nSPS) is 15.9. The molecule has 7 nitrogen and oxygen atoms in total. The van der Waals surface area contributed by atoms with E-state index in [-0.39, 0.29) is 27.9 Å². The van der Waals surface area contributed by atoms with Gasteiger partial charge >= 0.3 is 0 Å². The molecule has 21 heavy (non-hydrogen) atoms. The van der Waals surface area contributed by atoms with Crippen LogP contribution in [-0.4, -0.2) is 47.1 Å². The van der Waals surface area contributed by atoms with E-state index in [9.17, 15) is 20.0 Å². The summed E-state index contributed by atoms with van der Waals surface area (Å²) in [5.41, 5.74) is 0.139. The third-order valence-corrected chi connectivity index (χ3v) is 3.81. The number of likely N-dealkylation sites (tertiary alicyclic amines) is 1. The van der Waals surface area contributed by atoms with Crippen molar-refractivity contribution in [3.05, 3.63) is 32.8 Å². The van der Waals surface area contributed by atoms with Crippen LogP contribution in [0.25, 0.3) is 0 Å². The number of piperidine rings is 1. The number of rotatable bonds is 3. The van der Waals surface area contributed by atoms with Gasteiger partial charge in [-0.2, -0.15) is 0 Å². The van der Waals surface area contributed by atoms with Crippen molar-refractivity contribution in [2.75, 3.05) is 25.5 Å². The molecule has 114 valence electrons. The zero-order chi connectivity index (χ0) is 15.6. The van der Waals surface area contributed by atoms with Crippen LogP contribution in [0, 0.1) is 10.1 Å². The monoisotopic (exact) mass is 313 g/mol. The number of hydrogen-bond acceptors (Lipinski definition) is 5. The highest BCUT2D eigenvalue weighted by Crippen LogP contribution is 2.34. The first kappa shape index (κ1) is 15.5. The van der Waals surface area contributed by atoms with Gasteiger partial charge in [0.15, 0.2) is 0 Å². The van der Waals surface area contributed by atoms with Gasteiger partial charge in [-0.15, -0.1) is 0 Å². The van der Waals surface area contributed by atoms with Crippen molar-refractivity contribution in [3.63, 3.8) is 0 Å². The minimum absolute atomic E-state index is 0.132. The maximum atomic E-state index is 12.4. The molecule has 2 rings (SSSR count). The van der Waals surface area contributed by atoms with Crippen LogP contribution in [0.2, 0.25) is 5.02 Å². The van der Waals surface area contributed by atoms with Crippen LogP contribution in [0.5, 0.6) is 0 Å². The molecule has 1 fully saturated rings. The standard InChI is InChI=1S/C13H16ClN3O4/c1-15-12-10(14)6-8(7-11(12)17(20)21)13(19)16-4-2-9(18)3-5-16/h6-7,9,15,18H,2-5H2,1H3. The van der Waals surface area contributed by atoms with Gasteiger partial charge in [0.25, 0.3) is 11.6 Å². The Morgan fingerprint density at radius 3 is 2.62 bits per heavy atom. The van der Waals surface area contributed by atoms with Gasteiger partial charge in [-0.3, -0.25) is 14.9 Å². The first-order valence-electron chi connectivity index (χ1n) is 6.57. The smallest absolute Gasteiger partial charge is 0.294 e. The molecule has 8 heteroatoms. The number of aliphatic hydroxyl groups is 1. The van der Waals surface area contributed by atoms with Gasteiger partial charge in [-0.25, -0.2) is 0 Å². The minimum atomic E-state index is -0.575. The average molecular weight is 314 g/mol. The summed E-state index contributed by atoms with van der Waals surface area (Å²) < 4.78 is 0. The highest BCUT2D eigenvalue weighted by Gasteiger charge is 2.26. The second-order valence-electron chi connectivity index (χ2n) is 4.88. The van der Waals surface area contributed by atoms with Gasteiger partial charge < -0.3 is 15.3 Å². The van der Waals surface area contributed by atoms with E-state index in [1.807, 2.05) is 0 Å². The SMILES string of the molecule is CNc1c(Cl)cc(C(=O)N2CCC(O)CC2)cc1[N+](=O)[O-]. The molecule has 0 unspecified atom stereocenters. The number of benzene rings is 1. The number of nitro groups is 1. The Balaban J connectivity index is 2.31. The van der Waals surface area contributed by atoms with Crippen molar-refractivity contribution in [1.29, 1.82) is 0 Å². The topological polar surface area (TPSA) is 95.7 Å². The van der Waals surface area contributed by atoms with Crippen LogP contribution in [-0.2, 0) is 0 Å². The van der Waals surface area contributed by atoms with Gasteiger partial charge in [-0.05, 0) is 18.9 Å². The van der Waals surface area contributed by atoms with E-state index in [1.54, 1.807) is 4.90 Å². The van der Waals surface area contributed by atoms with Crippen molar-refractivity contribution in [2.24, 2.45) is 0 Å². The number of aliphatic hydroxyl groups excluding tert-OH is 1. The summed E-state index contributed by atoms with van der Waals surface area (Å²) in [5.74, 6) is -0.311. The van der Waals surface area contributed by atoms with Crippen LogP contribution in [0.3, 0.4) is 0 Å². The summed E-state index contributed by atoms with van der Waals surface area (Å²) in [6.45, 7) is 0.860. The highest BCUT2D eigenvalue weighted by molar-refractivity contribution is 6.34. The van der Waals surface area contributed by atoms with Gasteiger partial charge in [0.2, 0.25) is 0 Å². The molecule has 1 saturated heterocycles. The Morgan fingerprint density at radius 1 is 1.48 bits per heavy atom. The van der Waals surface area contributed by atoms with Gasteiger partial charge in [0.1, 0.15) is 5.69 Å². The molecule has 1 heterocycles. The summed E-state index contributed by atoms with van der Waals surface area (Å²) >= 11 is 6.01. The minimum Gasteiger partial charge on any atom is -0.393 e. The fourth-order valence-electron chi connectivity index (χ4n) is 2.36. The number of nitrogens with one attached hydrogen (secondary N) is 1. The number of anilines is 1. The molecule has 0 atom stereocenters. The lowest BCUT2D eigenvalue weighted by Crippen LogP contribution is -2.40. The first-order chi connectivity index (χ1) is 9.93. The molecule has 0 spiro atoms. The lowest BCUT2D eigenvalue weighted by Gasteiger charge is -2.29. The Hall–Kier alpha value is -1.86. The van der Waals surface area contributed by atoms with Crippen molar-refractivity contribution < 1.29 is 14.8 Å². The first-order valence-corrected chi connectivity index (χ1v) is 6.95. The molecule has 1 amide bonds. The van der Waals surface area contributed by atoms with E-state index in [0.717, 1.165) is 0 Å². The highest BCUT2D eigenvalue weighted by atomic mass is 35.5. The maximum Gasteiger partial charge on any atom is 0.294 e. The fraction of sp³-hybridized carbons (Fsp3) is 0.462. The van der Waals surface area contributed by atoms with E-state index < -0.39 is 11.0 Å². The number of nitro benzene ring substituents is 1. The van der Waals surface area contributed by atoms with E-state index in [2.05, 4.69) is 5.32 Å². The average Bonchev–Trinajstić information content (AvgIpc) is 2.46. The third kappa shape index (κ3) is 3.25. The number of nitrogens with zero attached hydrogens (tertiary/aromatic N) is 2. The lowest BCUT2D eigenvalue weighted by molar-refractivity contribution is -0.384. The fourth-order valence-corrected chi connectivity index (χ4v) is 2.67. The van der Waals surface area contributed by atoms with Crippen LogP contribution in [0.1, 0.15) is 23.2 Å². The number of amides is 1. The van der Waals surface area contributed by atoms with E-state index >= 15 is 0 Å². The van der Waals surface area contributed by atoms with Crippen LogP contribution < -0.4 is 5.32 Å². The molecule has 1 aromatic rings. The predicted octanol–water partition coefficient (Wildman–Crippen LogP) is 1.89. The maximum absolute atomic E-state index is 12.4. The van der Waals surface area contributed by atoms with Crippen molar-refractivity contribution in [1.82, 2.24) is 4.90 Å². The predicted molar refractivity (Wildman–Crippen MR) is 78.8 cm³/mol. The van der Waals surface area contributed by atoms with E-state index in [1.165, 1.54) is 19.2 Å². The molecular weight excluding hydrogens is 298 g/mol. The number of halogens is 1. The van der Waals surface area contributed by atoms with Crippen LogP contribution in [0.15, 0.2) is 12.1 Å². The molecule has 0 radical (unpaired) electrons. The summed E-state index contributed by atoms with van der Waals surface area (Å²) in [7, 11) is 1.53. The molecule has 1 aromatic carbocycles. The van der Waals surface area contributed by atoms with E-state index in [0.29, 0.717) is 25.9 Å². The summed E-state index contributed by atoms with van der Waals surface area (Å²) in [5, 5.41) is 23.3. The zero-order valence-corrected chi connectivity index (χ0v) is 12.3. The third-order valence-electron chi connectivity index (χ3n) is 3.51. The molecule has 1 aliphatic heterocycles. The molecule has 0 saturated carbocycles. The number of hydrogen-bond donors (Lipinski definition) is 2. The molecule has 0 aliphatic carbocycles. The summed E-state index contributed by atoms with van der Waals surface area (Å²) in [4.78, 5) is 24.4. The van der Waals surface area contributed by atoms with Crippen molar-refractivity contribution in [2.45, 2.75) is 18.9 Å². The Labute approximate surface area is 126 Å². The Morgan fingerprint density at radius 2 is 2.10 bits per heavy atom. The van der Waals surface area contributed by atoms with Gasteiger partial charge in [0.05, 0.1) is 16.0 Å². The number of carbonyl (C=O) groups is 1. The zero-order valence-electron chi connectivity index (χ0n) is 11.5. The Kier molecular flexibility index (Phi) is 4.64. The molecule has 0 bridgehead atoms. The number of carbonyl (C=O) groups excluding carboxylic acids is 1. The quantitative estimate of drug-likeness (QED) is 0.656. The molecule has 2 N–H and O–H groups in total. The largest absolute Gasteiger partial charge is 0.393 e. The molecule has 0 aromatic heterocycles. The second kappa shape index (κ2) is 6.28. The van der Waals surface area contributed by atoms with Crippen molar-refractivity contribution in [3.8, 4) is 0 Å². The Bertz CT molecular complexity index is 571. The van der Waals surface area contributed by atoms with Crippen LogP contribution >= 0.6 is 11.6 Å².